The minimum atomic E-state index is -1.09. The molecule has 0 N–H and O–H groups in total. The summed E-state index contributed by atoms with van der Waals surface area (Å²) in [6, 6.07) is 22.7. The first-order chi connectivity index (χ1) is 14.1. The summed E-state index contributed by atoms with van der Waals surface area (Å²) in [5.41, 5.74) is 1.28. The second-order valence-corrected chi connectivity index (χ2v) is 7.40. The fraction of sp³-hybridized carbons (Fsp3) is 0. The highest BCUT2D eigenvalue weighted by molar-refractivity contribution is 7.99. The second-order valence-electron chi connectivity index (χ2n) is 6.31. The van der Waals surface area contributed by atoms with Gasteiger partial charge in [0.05, 0.1) is 9.79 Å². The standard InChI is InChI=1S/C24H14F4S/c25-21-17(15-7-3-1-4-8-15)11-13-19(23(21)27)29-20-14-12-18(22(26)24(20)28)16-9-5-2-6-10-16/h1-14H. The predicted molar refractivity (Wildman–Crippen MR) is 108 cm³/mol. The molecule has 0 bridgehead atoms. The highest BCUT2D eigenvalue weighted by atomic mass is 32.2. The van der Waals surface area contributed by atoms with Crippen LogP contribution in [0.3, 0.4) is 0 Å². The maximum absolute atomic E-state index is 14.6. The summed E-state index contributed by atoms with van der Waals surface area (Å²) in [6.07, 6.45) is 0. The fourth-order valence-corrected chi connectivity index (χ4v) is 3.89. The van der Waals surface area contributed by atoms with Gasteiger partial charge >= 0.3 is 0 Å². The van der Waals surface area contributed by atoms with Gasteiger partial charge in [0, 0.05) is 11.1 Å². The maximum atomic E-state index is 14.6. The van der Waals surface area contributed by atoms with Gasteiger partial charge in [-0.15, -0.1) is 0 Å². The lowest BCUT2D eigenvalue weighted by molar-refractivity contribution is 0.490. The van der Waals surface area contributed by atoms with E-state index >= 15 is 0 Å². The minimum absolute atomic E-state index is 0.110. The summed E-state index contributed by atoms with van der Waals surface area (Å²) in [5, 5.41) is 0. The molecule has 144 valence electrons. The molecule has 5 heteroatoms. The Balaban J connectivity index is 1.68. The lowest BCUT2D eigenvalue weighted by Crippen LogP contribution is -1.95. The van der Waals surface area contributed by atoms with Gasteiger partial charge in [0.25, 0.3) is 0 Å². The van der Waals surface area contributed by atoms with Crippen molar-refractivity contribution in [2.45, 2.75) is 9.79 Å². The maximum Gasteiger partial charge on any atom is 0.173 e. The van der Waals surface area contributed by atoms with Crippen LogP contribution in [0.4, 0.5) is 17.6 Å². The number of hydrogen-bond acceptors (Lipinski definition) is 1. The molecule has 0 aromatic heterocycles. The van der Waals surface area contributed by atoms with E-state index in [0.717, 1.165) is 0 Å². The molecule has 0 saturated carbocycles. The molecule has 0 fully saturated rings. The molecule has 0 unspecified atom stereocenters. The Hall–Kier alpha value is -3.05. The Morgan fingerprint density at radius 2 is 0.793 bits per heavy atom. The van der Waals surface area contributed by atoms with Gasteiger partial charge in [0.15, 0.2) is 23.3 Å². The van der Waals surface area contributed by atoms with E-state index in [1.807, 2.05) is 0 Å². The molecule has 0 amide bonds. The van der Waals surface area contributed by atoms with Gasteiger partial charge in [-0.25, -0.2) is 17.6 Å². The molecule has 0 spiro atoms. The summed E-state index contributed by atoms with van der Waals surface area (Å²) < 4.78 is 58.3. The number of rotatable bonds is 4. The summed E-state index contributed by atoms with van der Waals surface area (Å²) in [6.45, 7) is 0. The van der Waals surface area contributed by atoms with Crippen molar-refractivity contribution < 1.29 is 17.6 Å². The molecule has 0 aliphatic heterocycles. The van der Waals surface area contributed by atoms with Crippen LogP contribution < -0.4 is 0 Å². The van der Waals surface area contributed by atoms with Crippen molar-refractivity contribution in [2.24, 2.45) is 0 Å². The van der Waals surface area contributed by atoms with Crippen LogP contribution in [0.15, 0.2) is 94.7 Å². The topological polar surface area (TPSA) is 0 Å². The highest BCUT2D eigenvalue weighted by Gasteiger charge is 2.19. The molecular weight excluding hydrogens is 396 g/mol. The molecule has 4 rings (SSSR count). The van der Waals surface area contributed by atoms with Crippen LogP contribution in [0, 0.1) is 23.3 Å². The zero-order valence-electron chi connectivity index (χ0n) is 15.0. The van der Waals surface area contributed by atoms with Crippen molar-refractivity contribution in [1.29, 1.82) is 0 Å². The second kappa shape index (κ2) is 8.13. The van der Waals surface area contributed by atoms with E-state index in [9.17, 15) is 17.6 Å². The molecule has 0 aliphatic carbocycles. The quantitative estimate of drug-likeness (QED) is 0.310. The van der Waals surface area contributed by atoms with Crippen molar-refractivity contribution in [3.05, 3.63) is 108 Å². The molecule has 0 radical (unpaired) electrons. The lowest BCUT2D eigenvalue weighted by atomic mass is 10.1. The smallest absolute Gasteiger partial charge is 0.173 e. The third kappa shape index (κ3) is 3.78. The monoisotopic (exact) mass is 410 g/mol. The average molecular weight is 410 g/mol. The molecule has 0 nitrogen and oxygen atoms in total. The van der Waals surface area contributed by atoms with Crippen molar-refractivity contribution in [3.63, 3.8) is 0 Å². The van der Waals surface area contributed by atoms with E-state index in [0.29, 0.717) is 22.9 Å². The fourth-order valence-electron chi connectivity index (χ4n) is 3.02. The number of halogens is 4. The largest absolute Gasteiger partial charge is 0.203 e. The van der Waals surface area contributed by atoms with Crippen LogP contribution >= 0.6 is 11.8 Å². The minimum Gasteiger partial charge on any atom is -0.203 e. The first-order valence-corrected chi connectivity index (χ1v) is 9.62. The molecule has 4 aromatic rings. The first-order valence-electron chi connectivity index (χ1n) is 8.81. The van der Waals surface area contributed by atoms with Crippen LogP contribution in [-0.4, -0.2) is 0 Å². The van der Waals surface area contributed by atoms with Gasteiger partial charge in [0.2, 0.25) is 0 Å². The van der Waals surface area contributed by atoms with Crippen LogP contribution in [0.25, 0.3) is 22.3 Å². The predicted octanol–water partition coefficient (Wildman–Crippen LogP) is 7.73. The van der Waals surface area contributed by atoms with Crippen molar-refractivity contribution in [2.75, 3.05) is 0 Å². The molecule has 29 heavy (non-hydrogen) atoms. The van der Waals surface area contributed by atoms with E-state index in [2.05, 4.69) is 0 Å². The van der Waals surface area contributed by atoms with Crippen molar-refractivity contribution in [3.8, 4) is 22.3 Å². The Morgan fingerprint density at radius 3 is 1.17 bits per heavy atom. The summed E-state index contributed by atoms with van der Waals surface area (Å²) in [4.78, 5) is -0.235. The Morgan fingerprint density at radius 1 is 0.414 bits per heavy atom. The Bertz CT molecular complexity index is 1070. The average Bonchev–Trinajstić information content (AvgIpc) is 2.76. The van der Waals surface area contributed by atoms with Gasteiger partial charge in [-0.05, 0) is 23.3 Å². The Kier molecular flexibility index (Phi) is 5.41. The van der Waals surface area contributed by atoms with Gasteiger partial charge in [-0.2, -0.15) is 0 Å². The van der Waals surface area contributed by atoms with E-state index in [4.69, 9.17) is 0 Å². The van der Waals surface area contributed by atoms with Gasteiger partial charge in [-0.3, -0.25) is 0 Å². The molecule has 4 aromatic carbocycles. The zero-order chi connectivity index (χ0) is 20.4. The van der Waals surface area contributed by atoms with E-state index < -0.39 is 23.3 Å². The third-order valence-electron chi connectivity index (χ3n) is 4.48. The lowest BCUT2D eigenvalue weighted by Gasteiger charge is -2.11. The summed E-state index contributed by atoms with van der Waals surface area (Å²) >= 11 is 0.647. The van der Waals surface area contributed by atoms with E-state index in [1.54, 1.807) is 60.7 Å². The first kappa shape index (κ1) is 19.3. The molecule has 0 atom stereocenters. The van der Waals surface area contributed by atoms with Crippen LogP contribution in [0.5, 0.6) is 0 Å². The van der Waals surface area contributed by atoms with Crippen molar-refractivity contribution in [1.82, 2.24) is 0 Å². The molecule has 0 saturated heterocycles. The zero-order valence-corrected chi connectivity index (χ0v) is 15.8. The van der Waals surface area contributed by atoms with Crippen molar-refractivity contribution >= 4 is 11.8 Å². The van der Waals surface area contributed by atoms with Gasteiger partial charge < -0.3 is 0 Å². The third-order valence-corrected chi connectivity index (χ3v) is 5.55. The molecular formula is C24H14F4S. The summed E-state index contributed by atoms with van der Waals surface area (Å²) in [7, 11) is 0. The Labute approximate surface area is 169 Å². The summed E-state index contributed by atoms with van der Waals surface area (Å²) in [5.74, 6) is -4.24. The van der Waals surface area contributed by atoms with E-state index in [-0.39, 0.29) is 20.9 Å². The van der Waals surface area contributed by atoms with Gasteiger partial charge in [-0.1, -0.05) is 84.6 Å². The molecule has 0 aliphatic rings. The normalized spacial score (nSPS) is 10.9. The van der Waals surface area contributed by atoms with Gasteiger partial charge in [0.1, 0.15) is 0 Å². The SMILES string of the molecule is Fc1c(Sc2ccc(-c3ccccc3)c(F)c2F)ccc(-c2ccccc2)c1F. The highest BCUT2D eigenvalue weighted by Crippen LogP contribution is 2.38. The number of hydrogen-bond donors (Lipinski definition) is 0. The van der Waals surface area contributed by atoms with Crippen LogP contribution in [0.2, 0.25) is 0 Å². The van der Waals surface area contributed by atoms with Crippen LogP contribution in [0.1, 0.15) is 0 Å². The molecule has 0 heterocycles. The van der Waals surface area contributed by atoms with Crippen LogP contribution in [-0.2, 0) is 0 Å². The number of benzene rings is 4. The van der Waals surface area contributed by atoms with E-state index in [1.165, 1.54) is 24.3 Å².